The van der Waals surface area contributed by atoms with E-state index in [1.165, 1.54) is 0 Å². The van der Waals surface area contributed by atoms with Crippen LogP contribution in [0.1, 0.15) is 11.5 Å². The number of anilines is 2. The van der Waals surface area contributed by atoms with E-state index in [1.54, 1.807) is 37.3 Å². The molecule has 37 heavy (non-hydrogen) atoms. The fourth-order valence-electron chi connectivity index (χ4n) is 2.84. The fraction of sp³-hybridized carbons (Fsp3) is 0.250. The van der Waals surface area contributed by atoms with Gasteiger partial charge in [-0.3, -0.25) is 9.44 Å². The Morgan fingerprint density at radius 1 is 0.892 bits per heavy atom. The Kier molecular flexibility index (Phi) is 7.69. The lowest BCUT2D eigenvalue weighted by Gasteiger charge is -2.17. The van der Waals surface area contributed by atoms with Crippen LogP contribution in [0.3, 0.4) is 0 Å². The predicted octanol–water partition coefficient (Wildman–Crippen LogP) is 4.79. The van der Waals surface area contributed by atoms with Crippen molar-refractivity contribution >= 4 is 31.4 Å². The number of halogens is 6. The number of rotatable bonds is 9. The van der Waals surface area contributed by atoms with Crippen molar-refractivity contribution in [3.8, 4) is 17.2 Å². The van der Waals surface area contributed by atoms with E-state index in [-0.39, 0.29) is 13.0 Å². The molecule has 1 aromatic heterocycles. The van der Waals surface area contributed by atoms with Gasteiger partial charge in [0.2, 0.25) is 5.89 Å². The molecule has 0 spiro atoms. The lowest BCUT2D eigenvalue weighted by Crippen LogP contribution is -2.31. The molecule has 0 aliphatic rings. The molecule has 0 atom stereocenters. The fourth-order valence-corrected chi connectivity index (χ4v) is 3.95. The maximum Gasteiger partial charge on any atom is 0.516 e. The zero-order valence-corrected chi connectivity index (χ0v) is 20.1. The summed E-state index contributed by atoms with van der Waals surface area (Å²) in [5.74, 6) is 0.192. The summed E-state index contributed by atoms with van der Waals surface area (Å²) in [6.45, 7) is 1.34. The molecule has 0 amide bonds. The van der Waals surface area contributed by atoms with Crippen LogP contribution in [0, 0.1) is 6.92 Å². The second-order valence-corrected chi connectivity index (χ2v) is 10.6. The largest absolute Gasteiger partial charge is 0.516 e. The molecule has 3 rings (SSSR count). The van der Waals surface area contributed by atoms with Gasteiger partial charge in [0.25, 0.3) is 0 Å². The summed E-state index contributed by atoms with van der Waals surface area (Å²) in [4.78, 5) is 4.31. The molecule has 0 saturated heterocycles. The van der Waals surface area contributed by atoms with Crippen molar-refractivity contribution in [1.29, 1.82) is 0 Å². The smallest absolute Gasteiger partial charge is 0.491 e. The summed E-state index contributed by atoms with van der Waals surface area (Å²) in [5.41, 5.74) is -12.2. The number of benzene rings is 2. The molecule has 3 aromatic rings. The number of oxazole rings is 1. The van der Waals surface area contributed by atoms with Crippen LogP contribution in [-0.4, -0.2) is 39.4 Å². The number of alkyl halides is 6. The highest BCUT2D eigenvalue weighted by atomic mass is 32.2. The Morgan fingerprint density at radius 3 is 2.08 bits per heavy atom. The van der Waals surface area contributed by atoms with Crippen LogP contribution in [0.15, 0.2) is 52.9 Å². The molecular formula is C20H17F6N3O6S2. The zero-order valence-electron chi connectivity index (χ0n) is 18.5. The molecule has 17 heteroatoms. The second kappa shape index (κ2) is 10.1. The molecule has 202 valence electrons. The highest BCUT2D eigenvalue weighted by Gasteiger charge is 2.47. The quantitative estimate of drug-likeness (QED) is 0.352. The lowest BCUT2D eigenvalue weighted by atomic mass is 10.2. The molecule has 1 heterocycles. The van der Waals surface area contributed by atoms with Crippen LogP contribution in [0.4, 0.5) is 37.7 Å². The molecule has 0 aliphatic heterocycles. The molecular weight excluding hydrogens is 556 g/mol. The third kappa shape index (κ3) is 6.65. The van der Waals surface area contributed by atoms with E-state index < -0.39 is 48.2 Å². The number of hydrogen-bond donors (Lipinski definition) is 2. The Hall–Kier alpha value is -3.47. The van der Waals surface area contributed by atoms with Gasteiger partial charge in [0.1, 0.15) is 11.5 Å². The standard InChI is InChI=1S/C20H17F6N3O6S2/c1-12-15(27-18(35-12)13-5-3-2-4-6-13)9-10-34-17-8-7-14(28-36(30,31)19(21,22)23)11-16(17)29-37(32,33)20(24,25)26/h2-8,11,28-29H,9-10H2,1H3. The van der Waals surface area contributed by atoms with Crippen molar-refractivity contribution in [1.82, 2.24) is 4.98 Å². The number of nitrogens with zero attached hydrogens (tertiary/aromatic N) is 1. The van der Waals surface area contributed by atoms with Gasteiger partial charge in [-0.1, -0.05) is 18.2 Å². The van der Waals surface area contributed by atoms with Gasteiger partial charge in [-0.05, 0) is 37.3 Å². The van der Waals surface area contributed by atoms with Crippen LogP contribution in [0.25, 0.3) is 11.5 Å². The van der Waals surface area contributed by atoms with E-state index in [4.69, 9.17) is 9.15 Å². The van der Waals surface area contributed by atoms with Crippen molar-refractivity contribution in [3.63, 3.8) is 0 Å². The SMILES string of the molecule is Cc1oc(-c2ccccc2)nc1CCOc1ccc(NS(=O)(=O)C(F)(F)F)cc1NS(=O)(=O)C(F)(F)F. The Morgan fingerprint density at radius 2 is 1.49 bits per heavy atom. The highest BCUT2D eigenvalue weighted by molar-refractivity contribution is 7.93. The topological polar surface area (TPSA) is 128 Å². The second-order valence-electron chi connectivity index (χ2n) is 7.30. The van der Waals surface area contributed by atoms with Gasteiger partial charge in [0, 0.05) is 12.0 Å². The molecule has 0 radical (unpaired) electrons. The summed E-state index contributed by atoms with van der Waals surface area (Å²) in [6.07, 6.45) is 0.0517. The van der Waals surface area contributed by atoms with Crippen LogP contribution in [0.5, 0.6) is 5.75 Å². The number of aryl methyl sites for hydroxylation is 1. The first-order valence-electron chi connectivity index (χ1n) is 9.97. The van der Waals surface area contributed by atoms with Crippen molar-refractivity contribution < 1.29 is 52.3 Å². The Labute approximate surface area is 206 Å². The van der Waals surface area contributed by atoms with E-state index in [0.29, 0.717) is 29.0 Å². The van der Waals surface area contributed by atoms with E-state index in [1.807, 2.05) is 0 Å². The molecule has 0 saturated carbocycles. The third-order valence-corrected chi connectivity index (χ3v) is 6.81. The minimum absolute atomic E-state index is 0.0517. The van der Waals surface area contributed by atoms with Gasteiger partial charge < -0.3 is 9.15 Å². The lowest BCUT2D eigenvalue weighted by molar-refractivity contribution is -0.0435. The summed E-state index contributed by atoms with van der Waals surface area (Å²) in [6, 6.07) is 10.8. The zero-order chi connectivity index (χ0) is 27.6. The maximum absolute atomic E-state index is 12.9. The summed E-state index contributed by atoms with van der Waals surface area (Å²) >= 11 is 0. The normalized spacial score (nSPS) is 12.8. The maximum atomic E-state index is 12.9. The van der Waals surface area contributed by atoms with Crippen molar-refractivity contribution in [2.75, 3.05) is 16.1 Å². The van der Waals surface area contributed by atoms with Crippen LogP contribution >= 0.6 is 0 Å². The van der Waals surface area contributed by atoms with Crippen molar-refractivity contribution in [2.45, 2.75) is 24.4 Å². The van der Waals surface area contributed by atoms with Gasteiger partial charge in [0.05, 0.1) is 23.7 Å². The number of sulfonamides is 2. The number of aromatic nitrogens is 1. The van der Waals surface area contributed by atoms with Gasteiger partial charge >= 0.3 is 31.1 Å². The van der Waals surface area contributed by atoms with E-state index in [2.05, 4.69) is 4.98 Å². The average molecular weight is 573 g/mol. The minimum atomic E-state index is -6.03. The Bertz CT molecular complexity index is 1470. The summed E-state index contributed by atoms with van der Waals surface area (Å²) in [5, 5.41) is 0. The number of ether oxygens (including phenoxy) is 1. The summed E-state index contributed by atoms with van der Waals surface area (Å²) in [7, 11) is -12.0. The van der Waals surface area contributed by atoms with Gasteiger partial charge in [-0.25, -0.2) is 4.98 Å². The molecule has 0 aliphatic carbocycles. The number of hydrogen-bond acceptors (Lipinski definition) is 7. The molecule has 2 N–H and O–H groups in total. The van der Waals surface area contributed by atoms with Crippen LogP contribution < -0.4 is 14.2 Å². The van der Waals surface area contributed by atoms with E-state index in [9.17, 15) is 43.2 Å². The van der Waals surface area contributed by atoms with E-state index in [0.717, 1.165) is 21.6 Å². The summed E-state index contributed by atoms with van der Waals surface area (Å²) < 4.78 is 136. The molecule has 0 bridgehead atoms. The predicted molar refractivity (Wildman–Crippen MR) is 120 cm³/mol. The van der Waals surface area contributed by atoms with Crippen LogP contribution in [0.2, 0.25) is 0 Å². The first-order valence-corrected chi connectivity index (χ1v) is 12.9. The van der Waals surface area contributed by atoms with Gasteiger partial charge in [-0.2, -0.15) is 43.2 Å². The minimum Gasteiger partial charge on any atom is -0.491 e. The van der Waals surface area contributed by atoms with Crippen molar-refractivity contribution in [3.05, 3.63) is 60.0 Å². The van der Waals surface area contributed by atoms with Crippen molar-refractivity contribution in [2.24, 2.45) is 0 Å². The molecule has 2 aromatic carbocycles. The number of nitrogens with one attached hydrogen (secondary N) is 2. The highest BCUT2D eigenvalue weighted by Crippen LogP contribution is 2.34. The third-order valence-electron chi connectivity index (χ3n) is 4.60. The first-order chi connectivity index (χ1) is 17.0. The monoisotopic (exact) mass is 573 g/mol. The van der Waals surface area contributed by atoms with E-state index >= 15 is 0 Å². The average Bonchev–Trinajstić information content (AvgIpc) is 3.14. The Balaban J connectivity index is 1.84. The van der Waals surface area contributed by atoms with Crippen LogP contribution in [-0.2, 0) is 26.5 Å². The molecule has 9 nitrogen and oxygen atoms in total. The molecule has 0 unspecified atom stereocenters. The first kappa shape index (κ1) is 28.1. The molecule has 0 fully saturated rings. The van der Waals surface area contributed by atoms with Gasteiger partial charge in [0.15, 0.2) is 0 Å². The van der Waals surface area contributed by atoms with Gasteiger partial charge in [-0.15, -0.1) is 0 Å².